The van der Waals surface area contributed by atoms with Gasteiger partial charge in [0.05, 0.1) is 18.2 Å². The molecule has 1 heterocycles. The van der Waals surface area contributed by atoms with Crippen LogP contribution in [0.5, 0.6) is 0 Å². The second-order valence-electron chi connectivity index (χ2n) is 9.16. The van der Waals surface area contributed by atoms with Crippen LogP contribution in [0.1, 0.15) is 44.6 Å². The number of benzene rings is 2. The largest absolute Gasteiger partial charge is 0.384 e. The number of aliphatic hydroxyl groups is 1. The number of aromatic nitrogens is 3. The molecule has 0 bridgehead atoms. The normalized spacial score (nSPS) is 14.0. The molecule has 2 unspecified atom stereocenters. The van der Waals surface area contributed by atoms with E-state index in [0.717, 1.165) is 5.56 Å². The molecule has 36 heavy (non-hydrogen) atoms. The van der Waals surface area contributed by atoms with Crippen LogP contribution in [0.25, 0.3) is 11.4 Å². The number of hydrogen-bond donors (Lipinski definition) is 2. The van der Waals surface area contributed by atoms with Crippen molar-refractivity contribution in [2.75, 3.05) is 13.2 Å². The number of nitrogens with two attached hydrogens (primary N) is 1. The summed E-state index contributed by atoms with van der Waals surface area (Å²) in [4.78, 5) is 19.3. The highest BCUT2D eigenvalue weighted by Gasteiger charge is 2.34. The minimum Gasteiger partial charge on any atom is -0.384 e. The van der Waals surface area contributed by atoms with Crippen LogP contribution in [0, 0.1) is 11.7 Å². The van der Waals surface area contributed by atoms with E-state index in [-0.39, 0.29) is 30.3 Å². The van der Waals surface area contributed by atoms with Gasteiger partial charge in [0, 0.05) is 17.6 Å². The Morgan fingerprint density at radius 1 is 1.19 bits per heavy atom. The van der Waals surface area contributed by atoms with Gasteiger partial charge in [0.25, 0.3) is 5.91 Å². The number of nitrogens with zero attached hydrogens (tertiary/aromatic N) is 4. The van der Waals surface area contributed by atoms with E-state index >= 15 is 0 Å². The van der Waals surface area contributed by atoms with Gasteiger partial charge in [-0.15, -0.1) is 0 Å². The number of aliphatic hydroxyl groups excluding tert-OH is 1. The molecule has 0 spiro atoms. The summed E-state index contributed by atoms with van der Waals surface area (Å²) in [6.07, 6.45) is -1.09. The van der Waals surface area contributed by atoms with Crippen molar-refractivity contribution in [3.8, 4) is 11.4 Å². The maximum Gasteiger partial charge on any atom is 0.251 e. The van der Waals surface area contributed by atoms with E-state index in [1.807, 2.05) is 44.2 Å². The summed E-state index contributed by atoms with van der Waals surface area (Å²) in [5.41, 5.74) is 6.85. The molecule has 3 N–H and O–H groups in total. The third kappa shape index (κ3) is 6.66. The molecule has 3 aromatic rings. The van der Waals surface area contributed by atoms with Crippen molar-refractivity contribution >= 4 is 17.5 Å². The van der Waals surface area contributed by atoms with Crippen LogP contribution >= 0.6 is 11.6 Å². The second-order valence-corrected chi connectivity index (χ2v) is 9.60. The highest BCUT2D eigenvalue weighted by Crippen LogP contribution is 2.32. The molecular weight excluding hydrogens is 488 g/mol. The smallest absolute Gasteiger partial charge is 0.251 e. The van der Waals surface area contributed by atoms with Crippen molar-refractivity contribution in [2.24, 2.45) is 11.7 Å². The van der Waals surface area contributed by atoms with Crippen LogP contribution in [-0.4, -0.2) is 56.0 Å². The van der Waals surface area contributed by atoms with Gasteiger partial charge in [0.2, 0.25) is 0 Å². The number of halogens is 3. The first-order valence-corrected chi connectivity index (χ1v) is 12.2. The zero-order chi connectivity index (χ0) is 26.4. The SMILES string of the molecule is CC(O)C(=O)N(CCC(N)CF)[C@@H](c1nc(-c2cc(Cl)ccc2F)nn1Cc1ccccc1)C(C)C. The molecule has 194 valence electrons. The van der Waals surface area contributed by atoms with Crippen LogP contribution < -0.4 is 5.73 Å². The van der Waals surface area contributed by atoms with Gasteiger partial charge in [-0.3, -0.25) is 4.79 Å². The summed E-state index contributed by atoms with van der Waals surface area (Å²) < 4.78 is 29.5. The Morgan fingerprint density at radius 3 is 2.50 bits per heavy atom. The molecule has 0 aliphatic heterocycles. The number of carbonyl (C=O) groups is 1. The van der Waals surface area contributed by atoms with E-state index in [1.54, 1.807) is 4.68 Å². The fraction of sp³-hybridized carbons (Fsp3) is 0.423. The van der Waals surface area contributed by atoms with Crippen LogP contribution in [0.4, 0.5) is 8.78 Å². The lowest BCUT2D eigenvalue weighted by Gasteiger charge is -2.35. The predicted octanol–water partition coefficient (Wildman–Crippen LogP) is 4.38. The van der Waals surface area contributed by atoms with Gasteiger partial charge in [-0.1, -0.05) is 55.8 Å². The van der Waals surface area contributed by atoms with Gasteiger partial charge in [-0.25, -0.2) is 18.4 Å². The van der Waals surface area contributed by atoms with Crippen LogP contribution in [0.15, 0.2) is 48.5 Å². The Labute approximate surface area is 214 Å². The summed E-state index contributed by atoms with van der Waals surface area (Å²) in [6.45, 7) is 4.88. The Morgan fingerprint density at radius 2 is 1.89 bits per heavy atom. The van der Waals surface area contributed by atoms with Crippen LogP contribution in [0.2, 0.25) is 5.02 Å². The highest BCUT2D eigenvalue weighted by atomic mass is 35.5. The number of alkyl halides is 1. The molecule has 10 heteroatoms. The molecule has 1 amide bonds. The summed E-state index contributed by atoms with van der Waals surface area (Å²) >= 11 is 6.12. The highest BCUT2D eigenvalue weighted by molar-refractivity contribution is 6.30. The molecular formula is C26H32ClF2N5O2. The first-order valence-electron chi connectivity index (χ1n) is 11.9. The summed E-state index contributed by atoms with van der Waals surface area (Å²) in [5.74, 6) is -0.716. The lowest BCUT2D eigenvalue weighted by molar-refractivity contribution is -0.143. The van der Waals surface area contributed by atoms with Gasteiger partial charge < -0.3 is 15.7 Å². The van der Waals surface area contributed by atoms with Crippen molar-refractivity contribution in [3.63, 3.8) is 0 Å². The maximum atomic E-state index is 14.7. The van der Waals surface area contributed by atoms with Crippen molar-refractivity contribution < 1.29 is 18.7 Å². The van der Waals surface area contributed by atoms with Crippen molar-refractivity contribution in [1.82, 2.24) is 19.7 Å². The van der Waals surface area contributed by atoms with Crippen LogP contribution in [0.3, 0.4) is 0 Å². The van der Waals surface area contributed by atoms with Gasteiger partial charge >= 0.3 is 0 Å². The monoisotopic (exact) mass is 519 g/mol. The fourth-order valence-electron chi connectivity index (χ4n) is 4.03. The second kappa shape index (κ2) is 12.4. The Hall–Kier alpha value is -2.88. The molecule has 2 aromatic carbocycles. The van der Waals surface area contributed by atoms with Crippen LogP contribution in [-0.2, 0) is 11.3 Å². The number of amides is 1. The van der Waals surface area contributed by atoms with Gasteiger partial charge in [0.15, 0.2) is 11.6 Å². The number of carbonyl (C=O) groups excluding carboxylic acids is 1. The zero-order valence-electron chi connectivity index (χ0n) is 20.6. The van der Waals surface area contributed by atoms with Crippen molar-refractivity contribution in [1.29, 1.82) is 0 Å². The molecule has 7 nitrogen and oxygen atoms in total. The van der Waals surface area contributed by atoms with E-state index in [9.17, 15) is 18.7 Å². The average molecular weight is 520 g/mol. The lowest BCUT2D eigenvalue weighted by atomic mass is 9.99. The van der Waals surface area contributed by atoms with E-state index in [1.165, 1.54) is 30.0 Å². The average Bonchev–Trinajstić information content (AvgIpc) is 3.25. The quantitative estimate of drug-likeness (QED) is 0.392. The molecule has 3 rings (SSSR count). The van der Waals surface area contributed by atoms with E-state index < -0.39 is 36.6 Å². The molecule has 0 aliphatic carbocycles. The first-order chi connectivity index (χ1) is 17.1. The molecule has 0 radical (unpaired) electrons. The molecule has 3 atom stereocenters. The summed E-state index contributed by atoms with van der Waals surface area (Å²) in [5, 5.41) is 15.1. The zero-order valence-corrected chi connectivity index (χ0v) is 21.4. The maximum absolute atomic E-state index is 14.7. The molecule has 0 fully saturated rings. The Kier molecular flexibility index (Phi) is 9.53. The molecule has 1 aromatic heterocycles. The summed E-state index contributed by atoms with van der Waals surface area (Å²) in [7, 11) is 0. The summed E-state index contributed by atoms with van der Waals surface area (Å²) in [6, 6.07) is 12.3. The van der Waals surface area contributed by atoms with Crippen molar-refractivity contribution in [3.05, 3.63) is 70.8 Å². The fourth-order valence-corrected chi connectivity index (χ4v) is 4.21. The molecule has 0 saturated carbocycles. The number of hydrogen-bond acceptors (Lipinski definition) is 5. The third-order valence-corrected chi connectivity index (χ3v) is 6.09. The number of rotatable bonds is 11. The Bertz CT molecular complexity index is 1160. The van der Waals surface area contributed by atoms with Gasteiger partial charge in [-0.05, 0) is 43.0 Å². The topological polar surface area (TPSA) is 97.3 Å². The standard InChI is InChI=1S/C26H32ClF2N5O2/c1-16(2)23(33(26(36)17(3)35)12-11-20(30)14-28)25-31-24(21-13-19(27)9-10-22(21)29)32-34(25)15-18-7-5-4-6-8-18/h4-10,13,16-17,20,23,35H,11-12,14-15,30H2,1-3H3/t17?,20?,23-/m1/s1. The van der Waals surface area contributed by atoms with Gasteiger partial charge in [-0.2, -0.15) is 5.10 Å². The lowest BCUT2D eigenvalue weighted by Crippen LogP contribution is -2.45. The van der Waals surface area contributed by atoms with E-state index in [2.05, 4.69) is 10.1 Å². The van der Waals surface area contributed by atoms with Crippen molar-refractivity contribution in [2.45, 2.75) is 51.9 Å². The first kappa shape index (κ1) is 27.7. The van der Waals surface area contributed by atoms with E-state index in [0.29, 0.717) is 17.4 Å². The molecule has 0 saturated heterocycles. The minimum atomic E-state index is -1.29. The van der Waals surface area contributed by atoms with Gasteiger partial charge in [0.1, 0.15) is 18.6 Å². The third-order valence-electron chi connectivity index (χ3n) is 5.86. The minimum absolute atomic E-state index is 0.108. The predicted molar refractivity (Wildman–Crippen MR) is 136 cm³/mol. The Balaban J connectivity index is 2.15. The van der Waals surface area contributed by atoms with E-state index in [4.69, 9.17) is 17.3 Å². The molecule has 0 aliphatic rings.